The van der Waals surface area contributed by atoms with Crippen LogP contribution in [-0.4, -0.2) is 22.1 Å². The number of nitrogens with one attached hydrogen (secondary N) is 1. The van der Waals surface area contributed by atoms with Gasteiger partial charge < -0.3 is 9.88 Å². The van der Waals surface area contributed by atoms with E-state index in [1.54, 1.807) is 0 Å². The minimum absolute atomic E-state index is 0.451. The van der Waals surface area contributed by atoms with Crippen LogP contribution in [0.2, 0.25) is 0 Å². The molecule has 0 saturated carbocycles. The predicted octanol–water partition coefficient (Wildman–Crippen LogP) is 1.73. The Labute approximate surface area is 97.3 Å². The van der Waals surface area contributed by atoms with Crippen molar-refractivity contribution in [1.82, 2.24) is 14.9 Å². The van der Waals surface area contributed by atoms with Gasteiger partial charge in [-0.2, -0.15) is 5.26 Å². The van der Waals surface area contributed by atoms with Gasteiger partial charge in [-0.25, -0.2) is 4.98 Å². The number of aryl methyl sites for hydroxylation is 2. The molecular formula is C12H20N4. The molecule has 0 aliphatic carbocycles. The SMILES string of the molecule is CCCc1nccn1CCC(C)(C#N)NC. The standard InChI is InChI=1S/C12H20N4/c1-4-5-11-15-7-9-16(11)8-6-12(2,10-13)14-3/h7,9,14H,4-6,8H2,1-3H3. The highest BCUT2D eigenvalue weighted by molar-refractivity contribution is 5.03. The molecule has 0 bridgehead atoms. The van der Waals surface area contributed by atoms with Crippen LogP contribution in [-0.2, 0) is 13.0 Å². The summed E-state index contributed by atoms with van der Waals surface area (Å²) in [5.74, 6) is 1.11. The smallest absolute Gasteiger partial charge is 0.108 e. The van der Waals surface area contributed by atoms with E-state index in [4.69, 9.17) is 5.26 Å². The number of aromatic nitrogens is 2. The van der Waals surface area contributed by atoms with Crippen molar-refractivity contribution >= 4 is 0 Å². The molecule has 0 fully saturated rings. The fourth-order valence-corrected chi connectivity index (χ4v) is 1.58. The molecule has 0 aromatic carbocycles. The molecule has 1 heterocycles. The van der Waals surface area contributed by atoms with Crippen molar-refractivity contribution in [2.24, 2.45) is 0 Å². The summed E-state index contributed by atoms with van der Waals surface area (Å²) in [5, 5.41) is 12.1. The number of nitriles is 1. The molecule has 1 aromatic rings. The van der Waals surface area contributed by atoms with E-state index in [0.717, 1.165) is 31.6 Å². The number of hydrogen-bond donors (Lipinski definition) is 1. The van der Waals surface area contributed by atoms with E-state index in [0.29, 0.717) is 0 Å². The maximum atomic E-state index is 9.05. The summed E-state index contributed by atoms with van der Waals surface area (Å²) >= 11 is 0. The lowest BCUT2D eigenvalue weighted by molar-refractivity contribution is 0.417. The minimum atomic E-state index is -0.451. The molecule has 0 aliphatic rings. The van der Waals surface area contributed by atoms with Crippen molar-refractivity contribution in [2.45, 2.75) is 45.2 Å². The fourth-order valence-electron chi connectivity index (χ4n) is 1.58. The topological polar surface area (TPSA) is 53.6 Å². The van der Waals surface area contributed by atoms with E-state index in [1.807, 2.05) is 26.4 Å². The Morgan fingerprint density at radius 2 is 2.38 bits per heavy atom. The van der Waals surface area contributed by atoms with Gasteiger partial charge in [-0.3, -0.25) is 0 Å². The largest absolute Gasteiger partial charge is 0.335 e. The van der Waals surface area contributed by atoms with Crippen LogP contribution in [0.25, 0.3) is 0 Å². The number of hydrogen-bond acceptors (Lipinski definition) is 3. The van der Waals surface area contributed by atoms with Gasteiger partial charge in [0, 0.05) is 25.4 Å². The number of imidazole rings is 1. The summed E-state index contributed by atoms with van der Waals surface area (Å²) in [6.45, 7) is 4.90. The summed E-state index contributed by atoms with van der Waals surface area (Å²) in [4.78, 5) is 4.32. The molecule has 1 N–H and O–H groups in total. The van der Waals surface area contributed by atoms with Crippen LogP contribution in [0.3, 0.4) is 0 Å². The van der Waals surface area contributed by atoms with Crippen LogP contribution >= 0.6 is 0 Å². The summed E-state index contributed by atoms with van der Waals surface area (Å²) in [7, 11) is 1.82. The normalized spacial score (nSPS) is 14.4. The molecule has 4 nitrogen and oxygen atoms in total. The second-order valence-electron chi connectivity index (χ2n) is 4.23. The van der Waals surface area contributed by atoms with Crippen LogP contribution in [0.1, 0.15) is 32.5 Å². The van der Waals surface area contributed by atoms with Gasteiger partial charge in [-0.05, 0) is 26.8 Å². The Bertz CT molecular complexity index is 363. The molecule has 0 saturated heterocycles. The number of nitrogens with zero attached hydrogens (tertiary/aromatic N) is 3. The van der Waals surface area contributed by atoms with Gasteiger partial charge in [0.25, 0.3) is 0 Å². The van der Waals surface area contributed by atoms with Gasteiger partial charge >= 0.3 is 0 Å². The summed E-state index contributed by atoms with van der Waals surface area (Å²) in [6.07, 6.45) is 6.69. The average molecular weight is 220 g/mol. The van der Waals surface area contributed by atoms with Gasteiger partial charge in [0.1, 0.15) is 11.4 Å². The quantitative estimate of drug-likeness (QED) is 0.794. The van der Waals surface area contributed by atoms with Crippen LogP contribution in [0, 0.1) is 11.3 Å². The maximum absolute atomic E-state index is 9.05. The number of rotatable bonds is 6. The molecule has 0 spiro atoms. The molecule has 4 heteroatoms. The highest BCUT2D eigenvalue weighted by Gasteiger charge is 2.20. The first kappa shape index (κ1) is 12.7. The summed E-state index contributed by atoms with van der Waals surface area (Å²) in [6, 6.07) is 2.30. The van der Waals surface area contributed by atoms with Gasteiger partial charge in [-0.15, -0.1) is 0 Å². The lowest BCUT2D eigenvalue weighted by Gasteiger charge is -2.21. The van der Waals surface area contributed by atoms with Gasteiger partial charge in [0.05, 0.1) is 6.07 Å². The van der Waals surface area contributed by atoms with E-state index >= 15 is 0 Å². The van der Waals surface area contributed by atoms with Crippen LogP contribution < -0.4 is 5.32 Å². The average Bonchev–Trinajstić information content (AvgIpc) is 2.74. The van der Waals surface area contributed by atoms with E-state index in [-0.39, 0.29) is 0 Å². The fraction of sp³-hybridized carbons (Fsp3) is 0.667. The third kappa shape index (κ3) is 3.07. The maximum Gasteiger partial charge on any atom is 0.108 e. The Hall–Kier alpha value is -1.34. The molecule has 1 atom stereocenters. The molecule has 0 amide bonds. The lowest BCUT2D eigenvalue weighted by Crippen LogP contribution is -2.39. The second-order valence-corrected chi connectivity index (χ2v) is 4.23. The van der Waals surface area contributed by atoms with Gasteiger partial charge in [0.15, 0.2) is 0 Å². The van der Waals surface area contributed by atoms with Crippen LogP contribution in [0.4, 0.5) is 0 Å². The molecule has 88 valence electrons. The van der Waals surface area contributed by atoms with Crippen molar-refractivity contribution in [3.05, 3.63) is 18.2 Å². The van der Waals surface area contributed by atoms with Crippen molar-refractivity contribution < 1.29 is 0 Å². The highest BCUT2D eigenvalue weighted by atomic mass is 15.1. The lowest BCUT2D eigenvalue weighted by atomic mass is 10.0. The first-order chi connectivity index (χ1) is 7.65. The third-order valence-corrected chi connectivity index (χ3v) is 2.93. The Balaban J connectivity index is 2.61. The highest BCUT2D eigenvalue weighted by Crippen LogP contribution is 2.11. The molecule has 1 aromatic heterocycles. The van der Waals surface area contributed by atoms with E-state index in [2.05, 4.69) is 27.9 Å². The zero-order valence-electron chi connectivity index (χ0n) is 10.3. The van der Waals surface area contributed by atoms with E-state index in [1.165, 1.54) is 0 Å². The Morgan fingerprint density at radius 3 is 2.94 bits per heavy atom. The zero-order chi connectivity index (χ0) is 12.0. The Morgan fingerprint density at radius 1 is 1.62 bits per heavy atom. The van der Waals surface area contributed by atoms with Gasteiger partial charge in [-0.1, -0.05) is 6.92 Å². The van der Waals surface area contributed by atoms with E-state index in [9.17, 15) is 0 Å². The molecule has 0 radical (unpaired) electrons. The first-order valence-corrected chi connectivity index (χ1v) is 5.75. The Kier molecular flexibility index (Phi) is 4.51. The molecular weight excluding hydrogens is 200 g/mol. The third-order valence-electron chi connectivity index (χ3n) is 2.93. The second kappa shape index (κ2) is 5.66. The predicted molar refractivity (Wildman–Crippen MR) is 63.9 cm³/mol. The molecule has 1 rings (SSSR count). The van der Waals surface area contributed by atoms with Crippen molar-refractivity contribution in [3.63, 3.8) is 0 Å². The molecule has 1 unspecified atom stereocenters. The van der Waals surface area contributed by atoms with Crippen LogP contribution in [0.15, 0.2) is 12.4 Å². The molecule has 0 aliphatic heterocycles. The minimum Gasteiger partial charge on any atom is -0.335 e. The van der Waals surface area contributed by atoms with Crippen molar-refractivity contribution in [3.8, 4) is 6.07 Å². The molecule has 16 heavy (non-hydrogen) atoms. The van der Waals surface area contributed by atoms with Crippen molar-refractivity contribution in [1.29, 1.82) is 5.26 Å². The summed E-state index contributed by atoms with van der Waals surface area (Å²) in [5.41, 5.74) is -0.451. The first-order valence-electron chi connectivity index (χ1n) is 5.75. The monoisotopic (exact) mass is 220 g/mol. The summed E-state index contributed by atoms with van der Waals surface area (Å²) < 4.78 is 2.14. The zero-order valence-corrected chi connectivity index (χ0v) is 10.3. The van der Waals surface area contributed by atoms with Crippen molar-refractivity contribution in [2.75, 3.05) is 7.05 Å². The van der Waals surface area contributed by atoms with Gasteiger partial charge in [0.2, 0.25) is 0 Å². The van der Waals surface area contributed by atoms with E-state index < -0.39 is 5.54 Å². The van der Waals surface area contributed by atoms with Crippen LogP contribution in [0.5, 0.6) is 0 Å².